The Bertz CT molecular complexity index is 166. The number of rotatable bonds is 2. The number of halogens is 1. The van der Waals surface area contributed by atoms with Gasteiger partial charge in [0, 0.05) is 0 Å². The molecule has 3 nitrogen and oxygen atoms in total. The van der Waals surface area contributed by atoms with Crippen LogP contribution < -0.4 is 5.73 Å². The second kappa shape index (κ2) is 7.07. The van der Waals surface area contributed by atoms with Gasteiger partial charge >= 0.3 is 5.97 Å². The van der Waals surface area contributed by atoms with Crippen LogP contribution in [0.5, 0.6) is 0 Å². The van der Waals surface area contributed by atoms with Crippen LogP contribution in [0.3, 0.4) is 0 Å². The summed E-state index contributed by atoms with van der Waals surface area (Å²) in [5, 5.41) is 0. The van der Waals surface area contributed by atoms with Crippen molar-refractivity contribution in [1.82, 2.24) is 0 Å². The van der Waals surface area contributed by atoms with Gasteiger partial charge in [0.2, 0.25) is 0 Å². The number of esters is 1. The molecule has 4 heteroatoms. The summed E-state index contributed by atoms with van der Waals surface area (Å²) in [5.41, 5.74) is 5.42. The van der Waals surface area contributed by atoms with Crippen molar-refractivity contribution in [2.24, 2.45) is 5.73 Å². The second-order valence-electron chi connectivity index (χ2n) is 3.84. The van der Waals surface area contributed by atoms with Gasteiger partial charge in [0.25, 0.3) is 0 Å². The molecule has 0 aromatic rings. The van der Waals surface area contributed by atoms with Gasteiger partial charge in [0.05, 0.1) is 0 Å². The summed E-state index contributed by atoms with van der Waals surface area (Å²) in [6, 6.07) is -0.483. The highest BCUT2D eigenvalue weighted by molar-refractivity contribution is 5.85. The Labute approximate surface area is 91.8 Å². The van der Waals surface area contributed by atoms with Crippen LogP contribution in [0.4, 0.5) is 0 Å². The SMILES string of the molecule is CC(N)C(=O)OC1CCCCCC1.Cl. The standard InChI is InChI=1S/C10H19NO2.ClH/c1-8(11)10(12)13-9-6-4-2-3-5-7-9;/h8-9H,2-7,11H2,1H3;1H. The molecule has 1 saturated carbocycles. The van der Waals surface area contributed by atoms with E-state index in [9.17, 15) is 4.79 Å². The van der Waals surface area contributed by atoms with Crippen molar-refractivity contribution in [2.75, 3.05) is 0 Å². The molecule has 0 aliphatic heterocycles. The average Bonchev–Trinajstić information content (AvgIpc) is 2.32. The molecule has 84 valence electrons. The zero-order chi connectivity index (χ0) is 9.68. The molecular weight excluding hydrogens is 202 g/mol. The van der Waals surface area contributed by atoms with Gasteiger partial charge < -0.3 is 10.5 Å². The largest absolute Gasteiger partial charge is 0.461 e. The highest BCUT2D eigenvalue weighted by Crippen LogP contribution is 2.19. The third-order valence-electron chi connectivity index (χ3n) is 2.46. The van der Waals surface area contributed by atoms with Crippen LogP contribution in [0, 0.1) is 0 Å². The molecule has 1 rings (SSSR count). The fourth-order valence-corrected chi connectivity index (χ4v) is 1.63. The van der Waals surface area contributed by atoms with Gasteiger partial charge in [-0.25, -0.2) is 0 Å². The van der Waals surface area contributed by atoms with Gasteiger partial charge in [-0.15, -0.1) is 12.4 Å². The molecule has 0 spiro atoms. The molecule has 1 aliphatic carbocycles. The van der Waals surface area contributed by atoms with E-state index in [4.69, 9.17) is 10.5 Å². The summed E-state index contributed by atoms with van der Waals surface area (Å²) in [6.45, 7) is 1.67. The Hall–Kier alpha value is -0.280. The molecule has 0 saturated heterocycles. The van der Waals surface area contributed by atoms with Crippen LogP contribution in [0.2, 0.25) is 0 Å². The normalized spacial score (nSPS) is 20.4. The minimum atomic E-state index is -0.483. The van der Waals surface area contributed by atoms with E-state index in [1.165, 1.54) is 25.7 Å². The quantitative estimate of drug-likeness (QED) is 0.574. The molecule has 0 heterocycles. The molecular formula is C10H20ClNO2. The molecule has 1 atom stereocenters. The van der Waals surface area contributed by atoms with Crippen LogP contribution in [0.25, 0.3) is 0 Å². The zero-order valence-electron chi connectivity index (χ0n) is 8.70. The number of carbonyl (C=O) groups is 1. The van der Waals surface area contributed by atoms with Crippen molar-refractivity contribution in [3.05, 3.63) is 0 Å². The maximum atomic E-state index is 11.2. The van der Waals surface area contributed by atoms with Crippen molar-refractivity contribution in [3.8, 4) is 0 Å². The van der Waals surface area contributed by atoms with Gasteiger partial charge in [-0.2, -0.15) is 0 Å². The van der Waals surface area contributed by atoms with E-state index in [2.05, 4.69) is 0 Å². The lowest BCUT2D eigenvalue weighted by Gasteiger charge is -2.16. The maximum absolute atomic E-state index is 11.2. The van der Waals surface area contributed by atoms with Crippen LogP contribution in [0.15, 0.2) is 0 Å². The first-order valence-corrected chi connectivity index (χ1v) is 5.16. The lowest BCUT2D eigenvalue weighted by molar-refractivity contribution is -0.150. The van der Waals surface area contributed by atoms with Gasteiger partial charge in [0.1, 0.15) is 12.1 Å². The van der Waals surface area contributed by atoms with Gasteiger partial charge in [-0.1, -0.05) is 12.8 Å². The molecule has 1 unspecified atom stereocenters. The highest BCUT2D eigenvalue weighted by atomic mass is 35.5. The van der Waals surface area contributed by atoms with Gasteiger partial charge in [-0.3, -0.25) is 4.79 Å². The Kier molecular flexibility index (Phi) is 6.93. The van der Waals surface area contributed by atoms with Crippen LogP contribution >= 0.6 is 12.4 Å². The molecule has 2 N–H and O–H groups in total. The van der Waals surface area contributed by atoms with Crippen molar-refractivity contribution in [1.29, 1.82) is 0 Å². The van der Waals surface area contributed by atoms with Crippen molar-refractivity contribution >= 4 is 18.4 Å². The summed E-state index contributed by atoms with van der Waals surface area (Å²) in [5.74, 6) is -0.258. The first kappa shape index (κ1) is 13.7. The predicted molar refractivity (Wildman–Crippen MR) is 58.5 cm³/mol. The number of hydrogen-bond donors (Lipinski definition) is 1. The lowest BCUT2D eigenvalue weighted by Crippen LogP contribution is -2.32. The van der Waals surface area contributed by atoms with E-state index >= 15 is 0 Å². The summed E-state index contributed by atoms with van der Waals surface area (Å²) in [6.07, 6.45) is 7.05. The molecule has 0 bridgehead atoms. The molecule has 14 heavy (non-hydrogen) atoms. The smallest absolute Gasteiger partial charge is 0.322 e. The minimum absolute atomic E-state index is 0. The summed E-state index contributed by atoms with van der Waals surface area (Å²) < 4.78 is 5.27. The van der Waals surface area contributed by atoms with Gasteiger partial charge in [0.15, 0.2) is 0 Å². The first-order valence-electron chi connectivity index (χ1n) is 5.16. The van der Waals surface area contributed by atoms with Crippen molar-refractivity contribution < 1.29 is 9.53 Å². The Morgan fingerprint density at radius 2 is 1.79 bits per heavy atom. The average molecular weight is 222 g/mol. The molecule has 0 aromatic carbocycles. The van der Waals surface area contributed by atoms with E-state index < -0.39 is 6.04 Å². The van der Waals surface area contributed by atoms with Gasteiger partial charge in [-0.05, 0) is 32.6 Å². The topological polar surface area (TPSA) is 52.3 Å². The molecule has 0 aromatic heterocycles. The number of nitrogens with two attached hydrogens (primary N) is 1. The summed E-state index contributed by atoms with van der Waals surface area (Å²) in [7, 11) is 0. The second-order valence-corrected chi connectivity index (χ2v) is 3.84. The fraction of sp³-hybridized carbons (Fsp3) is 0.900. The lowest BCUT2D eigenvalue weighted by atomic mass is 10.1. The number of carbonyl (C=O) groups excluding carboxylic acids is 1. The third-order valence-corrected chi connectivity index (χ3v) is 2.46. The van der Waals surface area contributed by atoms with Crippen molar-refractivity contribution in [2.45, 2.75) is 57.6 Å². The minimum Gasteiger partial charge on any atom is -0.461 e. The molecule has 0 amide bonds. The van der Waals surface area contributed by atoms with Crippen molar-refractivity contribution in [3.63, 3.8) is 0 Å². The van der Waals surface area contributed by atoms with E-state index in [1.54, 1.807) is 6.92 Å². The Balaban J connectivity index is 0.00000169. The number of hydrogen-bond acceptors (Lipinski definition) is 3. The van der Waals surface area contributed by atoms with Crippen LogP contribution in [0.1, 0.15) is 45.4 Å². The highest BCUT2D eigenvalue weighted by Gasteiger charge is 2.18. The third kappa shape index (κ3) is 4.82. The first-order chi connectivity index (χ1) is 6.20. The maximum Gasteiger partial charge on any atom is 0.322 e. The number of ether oxygens (including phenoxy) is 1. The summed E-state index contributed by atoms with van der Waals surface area (Å²) in [4.78, 5) is 11.2. The molecule has 1 aliphatic rings. The predicted octanol–water partition coefficient (Wildman–Crippen LogP) is 2.02. The van der Waals surface area contributed by atoms with E-state index in [0.717, 1.165) is 12.8 Å². The van der Waals surface area contributed by atoms with E-state index in [0.29, 0.717) is 0 Å². The fourth-order valence-electron chi connectivity index (χ4n) is 1.63. The van der Waals surface area contributed by atoms with Crippen LogP contribution in [-0.2, 0) is 9.53 Å². The van der Waals surface area contributed by atoms with Crippen LogP contribution in [-0.4, -0.2) is 18.1 Å². The Morgan fingerprint density at radius 3 is 2.21 bits per heavy atom. The van der Waals surface area contributed by atoms with E-state index in [-0.39, 0.29) is 24.5 Å². The zero-order valence-corrected chi connectivity index (χ0v) is 9.52. The molecule has 0 radical (unpaired) electrons. The van der Waals surface area contributed by atoms with E-state index in [1.807, 2.05) is 0 Å². The molecule has 1 fully saturated rings. The monoisotopic (exact) mass is 221 g/mol. The Morgan fingerprint density at radius 1 is 1.29 bits per heavy atom. The summed E-state index contributed by atoms with van der Waals surface area (Å²) >= 11 is 0.